The summed E-state index contributed by atoms with van der Waals surface area (Å²) in [6, 6.07) is 7.92. The monoisotopic (exact) mass is 412 g/mol. The molecular weight excluding hydrogens is 396 g/mol. The topological polar surface area (TPSA) is 84.5 Å². The first-order chi connectivity index (χ1) is 13.6. The maximum absolute atomic E-state index is 13.3. The van der Waals surface area contributed by atoms with Crippen LogP contribution in [0.1, 0.15) is 21.5 Å². The lowest BCUT2D eigenvalue weighted by Crippen LogP contribution is -2.31. The predicted molar refractivity (Wildman–Crippen MR) is 94.5 cm³/mol. The number of halogens is 4. The zero-order chi connectivity index (χ0) is 21.6. The van der Waals surface area contributed by atoms with Crippen molar-refractivity contribution in [3.05, 3.63) is 65.0 Å². The molecule has 0 aliphatic heterocycles. The van der Waals surface area contributed by atoms with Gasteiger partial charge in [0.05, 0.1) is 19.1 Å². The normalized spacial score (nSPS) is 10.9. The first kappa shape index (κ1) is 21.9. The van der Waals surface area contributed by atoms with Crippen LogP contribution in [0.4, 0.5) is 23.2 Å². The van der Waals surface area contributed by atoms with Crippen molar-refractivity contribution in [3.63, 3.8) is 0 Å². The highest BCUT2D eigenvalue weighted by atomic mass is 19.4. The van der Waals surface area contributed by atoms with E-state index in [0.717, 1.165) is 6.07 Å². The molecule has 0 spiro atoms. The second kappa shape index (κ2) is 9.18. The Kier molecular flexibility index (Phi) is 6.92. The number of esters is 1. The molecule has 0 aliphatic carbocycles. The highest BCUT2D eigenvalue weighted by molar-refractivity contribution is 6.04. The lowest BCUT2D eigenvalue weighted by Gasteiger charge is -2.11. The van der Waals surface area contributed by atoms with Crippen LogP contribution in [0.25, 0.3) is 0 Å². The van der Waals surface area contributed by atoms with Crippen LogP contribution in [0.2, 0.25) is 0 Å². The van der Waals surface area contributed by atoms with Crippen LogP contribution >= 0.6 is 0 Å². The molecule has 0 unspecified atom stereocenters. The smallest absolute Gasteiger partial charge is 0.419 e. The molecular formula is C19H16F4N2O4. The van der Waals surface area contributed by atoms with Crippen molar-refractivity contribution in [2.45, 2.75) is 12.6 Å². The average Bonchev–Trinajstić information content (AvgIpc) is 2.67. The fraction of sp³-hybridized carbons (Fsp3) is 0.211. The van der Waals surface area contributed by atoms with Crippen LogP contribution in [0.15, 0.2) is 42.5 Å². The molecule has 2 rings (SSSR count). The number of methoxy groups -OCH3 is 1. The van der Waals surface area contributed by atoms with Gasteiger partial charge >= 0.3 is 12.1 Å². The Labute approximate surface area is 162 Å². The van der Waals surface area contributed by atoms with E-state index < -0.39 is 35.3 Å². The van der Waals surface area contributed by atoms with Crippen LogP contribution in [0.3, 0.4) is 0 Å². The number of hydrogen-bond donors (Lipinski definition) is 2. The number of nitrogens with one attached hydrogen (secondary N) is 2. The first-order valence-electron chi connectivity index (χ1n) is 8.20. The molecule has 0 saturated heterocycles. The summed E-state index contributed by atoms with van der Waals surface area (Å²) in [6.07, 6.45) is -4.95. The lowest BCUT2D eigenvalue weighted by atomic mass is 10.1. The minimum Gasteiger partial charge on any atom is -0.468 e. The molecule has 29 heavy (non-hydrogen) atoms. The maximum atomic E-state index is 13.3. The fourth-order valence-electron chi connectivity index (χ4n) is 2.28. The van der Waals surface area contributed by atoms with Crippen molar-refractivity contribution in [1.82, 2.24) is 5.32 Å². The predicted octanol–water partition coefficient (Wildman–Crippen LogP) is 2.93. The molecule has 2 amide bonds. The summed E-state index contributed by atoms with van der Waals surface area (Å²) in [4.78, 5) is 34.8. The minimum atomic E-state index is -4.92. The van der Waals surface area contributed by atoms with E-state index in [1.54, 1.807) is 0 Å². The van der Waals surface area contributed by atoms with Gasteiger partial charge in [0.1, 0.15) is 12.4 Å². The van der Waals surface area contributed by atoms with E-state index in [2.05, 4.69) is 15.4 Å². The third-order valence-electron chi connectivity index (χ3n) is 3.77. The Balaban J connectivity index is 2.00. The molecule has 0 aromatic heterocycles. The molecule has 6 nitrogen and oxygen atoms in total. The van der Waals surface area contributed by atoms with Gasteiger partial charge in [-0.3, -0.25) is 14.4 Å². The Morgan fingerprint density at radius 1 is 1.03 bits per heavy atom. The van der Waals surface area contributed by atoms with Crippen molar-refractivity contribution < 1.29 is 36.7 Å². The minimum absolute atomic E-state index is 0.0296. The maximum Gasteiger partial charge on any atom is 0.419 e. The molecule has 154 valence electrons. The number of alkyl halides is 3. The van der Waals surface area contributed by atoms with Crippen LogP contribution < -0.4 is 10.6 Å². The highest BCUT2D eigenvalue weighted by Crippen LogP contribution is 2.32. The summed E-state index contributed by atoms with van der Waals surface area (Å²) in [5.41, 5.74) is -1.04. The summed E-state index contributed by atoms with van der Waals surface area (Å²) < 4.78 is 56.0. The van der Waals surface area contributed by atoms with E-state index in [1.807, 2.05) is 0 Å². The van der Waals surface area contributed by atoms with E-state index in [9.17, 15) is 31.9 Å². The lowest BCUT2D eigenvalue weighted by molar-refractivity contribution is -0.141. The quantitative estimate of drug-likeness (QED) is 0.565. The van der Waals surface area contributed by atoms with Gasteiger partial charge in [-0.25, -0.2) is 4.39 Å². The second-order valence-electron chi connectivity index (χ2n) is 5.87. The van der Waals surface area contributed by atoms with E-state index >= 15 is 0 Å². The van der Waals surface area contributed by atoms with Crippen LogP contribution in [-0.2, 0) is 26.9 Å². The van der Waals surface area contributed by atoms with Crippen molar-refractivity contribution in [1.29, 1.82) is 0 Å². The molecule has 0 bridgehead atoms. The van der Waals surface area contributed by atoms with E-state index in [-0.39, 0.29) is 24.2 Å². The molecule has 10 heteroatoms. The molecule has 0 saturated carbocycles. The number of amides is 2. The molecule has 2 N–H and O–H groups in total. The van der Waals surface area contributed by atoms with Gasteiger partial charge in [0.2, 0.25) is 5.91 Å². The molecule has 0 fully saturated rings. The van der Waals surface area contributed by atoms with E-state index in [0.29, 0.717) is 17.7 Å². The van der Waals surface area contributed by atoms with Gasteiger partial charge in [0, 0.05) is 11.3 Å². The number of anilines is 1. The van der Waals surface area contributed by atoms with Gasteiger partial charge in [0.15, 0.2) is 0 Å². The highest BCUT2D eigenvalue weighted by Gasteiger charge is 2.34. The average molecular weight is 412 g/mol. The number of carbonyl (C=O) groups excluding carboxylic acids is 3. The zero-order valence-corrected chi connectivity index (χ0v) is 15.1. The molecule has 0 aliphatic rings. The van der Waals surface area contributed by atoms with Crippen LogP contribution in [0, 0.1) is 5.82 Å². The van der Waals surface area contributed by atoms with Crippen molar-refractivity contribution in [2.24, 2.45) is 0 Å². The summed E-state index contributed by atoms with van der Waals surface area (Å²) >= 11 is 0. The third-order valence-corrected chi connectivity index (χ3v) is 3.77. The number of ether oxygens (including phenoxy) is 1. The second-order valence-corrected chi connectivity index (χ2v) is 5.87. The van der Waals surface area contributed by atoms with Crippen molar-refractivity contribution >= 4 is 23.5 Å². The number of rotatable bonds is 6. The SMILES string of the molecule is COC(=O)CNC(=O)Cc1ccc(NC(=O)c2ccc(F)c(C(F)(F)F)c2)cc1. The van der Waals surface area contributed by atoms with Gasteiger partial charge in [-0.15, -0.1) is 0 Å². The van der Waals surface area contributed by atoms with Gasteiger partial charge < -0.3 is 15.4 Å². The molecule has 0 radical (unpaired) electrons. The van der Waals surface area contributed by atoms with Gasteiger partial charge in [-0.05, 0) is 35.9 Å². The Morgan fingerprint density at radius 3 is 2.28 bits per heavy atom. The first-order valence-corrected chi connectivity index (χ1v) is 8.20. The Hall–Kier alpha value is -3.43. The summed E-state index contributed by atoms with van der Waals surface area (Å²) in [7, 11) is 1.19. The van der Waals surface area contributed by atoms with E-state index in [1.165, 1.54) is 31.4 Å². The van der Waals surface area contributed by atoms with Gasteiger partial charge in [0.25, 0.3) is 5.91 Å². The summed E-state index contributed by atoms with van der Waals surface area (Å²) in [5, 5.41) is 4.76. The number of benzene rings is 2. The number of carbonyl (C=O) groups is 3. The van der Waals surface area contributed by atoms with Crippen LogP contribution in [0.5, 0.6) is 0 Å². The van der Waals surface area contributed by atoms with Crippen molar-refractivity contribution in [3.8, 4) is 0 Å². The van der Waals surface area contributed by atoms with Gasteiger partial charge in [-0.2, -0.15) is 13.2 Å². The molecule has 2 aromatic carbocycles. The summed E-state index contributed by atoms with van der Waals surface area (Å²) in [5.74, 6) is -3.33. The fourth-order valence-corrected chi connectivity index (χ4v) is 2.28. The zero-order valence-electron chi connectivity index (χ0n) is 15.1. The molecule has 2 aromatic rings. The molecule has 0 heterocycles. The van der Waals surface area contributed by atoms with Crippen LogP contribution in [-0.4, -0.2) is 31.4 Å². The summed E-state index contributed by atoms with van der Waals surface area (Å²) in [6.45, 7) is -0.263. The Morgan fingerprint density at radius 2 is 1.69 bits per heavy atom. The third kappa shape index (κ3) is 6.30. The van der Waals surface area contributed by atoms with Crippen molar-refractivity contribution in [2.75, 3.05) is 19.0 Å². The Bertz CT molecular complexity index is 911. The standard InChI is InChI=1S/C19H16F4N2O4/c1-29-17(27)10-24-16(26)8-11-2-5-13(6-3-11)25-18(28)12-4-7-15(20)14(9-12)19(21,22)23/h2-7,9H,8,10H2,1H3,(H,24,26)(H,25,28). The molecule has 0 atom stereocenters. The largest absolute Gasteiger partial charge is 0.468 e. The van der Waals surface area contributed by atoms with Gasteiger partial charge in [-0.1, -0.05) is 12.1 Å². The number of hydrogen-bond acceptors (Lipinski definition) is 4. The van der Waals surface area contributed by atoms with E-state index in [4.69, 9.17) is 0 Å².